The lowest BCUT2D eigenvalue weighted by atomic mass is 10.4. The van der Waals surface area contributed by atoms with Crippen LogP contribution in [-0.2, 0) is 0 Å². The number of nitriles is 1. The molecule has 0 spiro atoms. The van der Waals surface area contributed by atoms with Crippen LogP contribution >= 0.6 is 27.5 Å². The van der Waals surface area contributed by atoms with Crippen LogP contribution in [0, 0.1) is 17.1 Å². The van der Waals surface area contributed by atoms with Gasteiger partial charge < -0.3 is 0 Å². The van der Waals surface area contributed by atoms with Gasteiger partial charge in [-0.2, -0.15) is 5.26 Å². The molecule has 2 rings (SSSR count). The Bertz CT molecular complexity index is 558. The highest BCUT2D eigenvalue weighted by atomic mass is 79.9. The van der Waals surface area contributed by atoms with Crippen molar-refractivity contribution in [2.24, 2.45) is 0 Å². The lowest BCUT2D eigenvalue weighted by molar-refractivity contribution is 0.618. The molecule has 0 aromatic carbocycles. The van der Waals surface area contributed by atoms with Crippen molar-refractivity contribution >= 4 is 33.2 Å². The molecule has 0 fully saturated rings. The third-order valence-corrected chi connectivity index (χ3v) is 2.55. The van der Waals surface area contributed by atoms with Gasteiger partial charge in [0.05, 0.1) is 4.47 Å². The standard InChI is InChI=1S/C8H2BrClFN3/c9-5-1-4(11)3-14-6(2-12)7(10)13-8(5)14/h1,3H. The minimum absolute atomic E-state index is 0.0683. The van der Waals surface area contributed by atoms with E-state index in [1.165, 1.54) is 10.5 Å². The van der Waals surface area contributed by atoms with Crippen molar-refractivity contribution in [3.05, 3.63) is 33.4 Å². The number of nitrogens with zero attached hydrogens (tertiary/aromatic N) is 3. The van der Waals surface area contributed by atoms with Crippen molar-refractivity contribution in [3.8, 4) is 6.07 Å². The maximum atomic E-state index is 13.0. The Balaban J connectivity index is 2.97. The second kappa shape index (κ2) is 3.23. The van der Waals surface area contributed by atoms with Crippen LogP contribution in [0.1, 0.15) is 5.69 Å². The Morgan fingerprint density at radius 1 is 1.64 bits per heavy atom. The molecule has 0 aliphatic heterocycles. The topological polar surface area (TPSA) is 41.1 Å². The molecule has 6 heteroatoms. The Hall–Kier alpha value is -1.12. The SMILES string of the molecule is N#Cc1c(Cl)nc2c(Br)cc(F)cn12. The molecular weight excluding hydrogens is 272 g/mol. The summed E-state index contributed by atoms with van der Waals surface area (Å²) in [6.45, 7) is 0. The zero-order valence-corrected chi connectivity index (χ0v) is 8.97. The van der Waals surface area contributed by atoms with E-state index >= 15 is 0 Å². The quantitative estimate of drug-likeness (QED) is 0.741. The van der Waals surface area contributed by atoms with Crippen LogP contribution in [0.2, 0.25) is 5.15 Å². The Kier molecular flexibility index (Phi) is 2.17. The Labute approximate surface area is 91.9 Å². The molecule has 0 saturated heterocycles. The largest absolute Gasteiger partial charge is 0.286 e. The number of halogens is 3. The first kappa shape index (κ1) is 9.44. The molecule has 0 aliphatic rings. The fraction of sp³-hybridized carbons (Fsp3) is 0. The van der Waals surface area contributed by atoms with Crippen molar-refractivity contribution in [2.75, 3.05) is 0 Å². The van der Waals surface area contributed by atoms with E-state index in [9.17, 15) is 4.39 Å². The van der Waals surface area contributed by atoms with E-state index in [2.05, 4.69) is 20.9 Å². The summed E-state index contributed by atoms with van der Waals surface area (Å²) in [7, 11) is 0. The molecule has 14 heavy (non-hydrogen) atoms. The summed E-state index contributed by atoms with van der Waals surface area (Å²) in [5.74, 6) is -0.463. The van der Waals surface area contributed by atoms with Gasteiger partial charge in [0.15, 0.2) is 16.5 Å². The average Bonchev–Trinajstić information content (AvgIpc) is 2.41. The van der Waals surface area contributed by atoms with Gasteiger partial charge in [-0.1, -0.05) is 11.6 Å². The van der Waals surface area contributed by atoms with Crippen molar-refractivity contribution in [1.82, 2.24) is 9.38 Å². The van der Waals surface area contributed by atoms with Gasteiger partial charge in [0, 0.05) is 6.20 Å². The third-order valence-electron chi connectivity index (χ3n) is 1.71. The van der Waals surface area contributed by atoms with Crippen molar-refractivity contribution in [3.63, 3.8) is 0 Å². The Morgan fingerprint density at radius 3 is 3.00 bits per heavy atom. The summed E-state index contributed by atoms with van der Waals surface area (Å²) in [5.41, 5.74) is 0.551. The number of hydrogen-bond acceptors (Lipinski definition) is 2. The van der Waals surface area contributed by atoms with Gasteiger partial charge in [-0.25, -0.2) is 9.37 Å². The fourth-order valence-electron chi connectivity index (χ4n) is 1.15. The maximum Gasteiger partial charge on any atom is 0.166 e. The molecule has 2 heterocycles. The maximum absolute atomic E-state index is 13.0. The molecule has 2 aromatic heterocycles. The number of pyridine rings is 1. The van der Waals surface area contributed by atoms with Crippen LogP contribution in [0.5, 0.6) is 0 Å². The number of hydrogen-bond donors (Lipinski definition) is 0. The van der Waals surface area contributed by atoms with Crippen LogP contribution < -0.4 is 0 Å². The molecular formula is C8H2BrClFN3. The van der Waals surface area contributed by atoms with Gasteiger partial charge in [0.1, 0.15) is 11.9 Å². The number of fused-ring (bicyclic) bond motifs is 1. The van der Waals surface area contributed by atoms with E-state index in [1.54, 1.807) is 0 Å². The summed E-state index contributed by atoms with van der Waals surface area (Å²) >= 11 is 8.83. The van der Waals surface area contributed by atoms with Crippen LogP contribution in [0.3, 0.4) is 0 Å². The molecule has 0 unspecified atom stereocenters. The molecule has 0 saturated carbocycles. The average molecular weight is 274 g/mol. The smallest absolute Gasteiger partial charge is 0.166 e. The normalized spacial score (nSPS) is 10.4. The number of imidazole rings is 1. The van der Waals surface area contributed by atoms with Crippen molar-refractivity contribution < 1.29 is 4.39 Å². The van der Waals surface area contributed by atoms with Crippen molar-refractivity contribution in [1.29, 1.82) is 5.26 Å². The van der Waals surface area contributed by atoms with Gasteiger partial charge in [0.25, 0.3) is 0 Å². The first-order valence-corrected chi connectivity index (χ1v) is 4.73. The van der Waals surface area contributed by atoms with Crippen LogP contribution in [0.15, 0.2) is 16.7 Å². The minimum atomic E-state index is -0.463. The van der Waals surface area contributed by atoms with Gasteiger partial charge in [-0.05, 0) is 22.0 Å². The van der Waals surface area contributed by atoms with Gasteiger partial charge in [-0.15, -0.1) is 0 Å². The van der Waals surface area contributed by atoms with Crippen LogP contribution in [-0.4, -0.2) is 9.38 Å². The third kappa shape index (κ3) is 1.27. The summed E-state index contributed by atoms with van der Waals surface area (Å²) in [5, 5.41) is 8.82. The fourth-order valence-corrected chi connectivity index (χ4v) is 1.86. The molecule has 2 aromatic rings. The van der Waals surface area contributed by atoms with E-state index in [-0.39, 0.29) is 10.8 Å². The van der Waals surface area contributed by atoms with E-state index in [0.29, 0.717) is 10.1 Å². The lowest BCUT2D eigenvalue weighted by Gasteiger charge is -1.96. The molecule has 0 bridgehead atoms. The lowest BCUT2D eigenvalue weighted by Crippen LogP contribution is -1.91. The zero-order chi connectivity index (χ0) is 10.3. The predicted octanol–water partition coefficient (Wildman–Crippen LogP) is 2.76. The summed E-state index contributed by atoms with van der Waals surface area (Å²) < 4.78 is 14.8. The number of rotatable bonds is 0. The zero-order valence-electron chi connectivity index (χ0n) is 6.63. The Morgan fingerprint density at radius 2 is 2.36 bits per heavy atom. The summed E-state index contributed by atoms with van der Waals surface area (Å²) in [6.07, 6.45) is 1.16. The monoisotopic (exact) mass is 273 g/mol. The predicted molar refractivity (Wildman–Crippen MR) is 52.6 cm³/mol. The molecule has 0 atom stereocenters. The molecule has 0 radical (unpaired) electrons. The molecule has 70 valence electrons. The van der Waals surface area contributed by atoms with Crippen LogP contribution in [0.4, 0.5) is 4.39 Å². The van der Waals surface area contributed by atoms with Gasteiger partial charge >= 0.3 is 0 Å². The van der Waals surface area contributed by atoms with Gasteiger partial charge in [-0.3, -0.25) is 4.40 Å². The van der Waals surface area contributed by atoms with E-state index < -0.39 is 5.82 Å². The van der Waals surface area contributed by atoms with E-state index in [1.807, 2.05) is 6.07 Å². The summed E-state index contributed by atoms with van der Waals surface area (Å²) in [4.78, 5) is 3.92. The highest BCUT2D eigenvalue weighted by Gasteiger charge is 2.12. The molecule has 0 aliphatic carbocycles. The van der Waals surface area contributed by atoms with E-state index in [4.69, 9.17) is 16.9 Å². The molecule has 0 N–H and O–H groups in total. The molecule has 3 nitrogen and oxygen atoms in total. The second-order valence-electron chi connectivity index (χ2n) is 2.56. The summed E-state index contributed by atoms with van der Waals surface area (Å²) in [6, 6.07) is 3.12. The first-order valence-electron chi connectivity index (χ1n) is 3.56. The number of aromatic nitrogens is 2. The highest BCUT2D eigenvalue weighted by Crippen LogP contribution is 2.23. The second-order valence-corrected chi connectivity index (χ2v) is 3.78. The van der Waals surface area contributed by atoms with Gasteiger partial charge in [0.2, 0.25) is 0 Å². The first-order chi connectivity index (χ1) is 6.63. The molecule has 0 amide bonds. The van der Waals surface area contributed by atoms with Crippen LogP contribution in [0.25, 0.3) is 5.65 Å². The highest BCUT2D eigenvalue weighted by molar-refractivity contribution is 9.10. The van der Waals surface area contributed by atoms with Crippen molar-refractivity contribution in [2.45, 2.75) is 0 Å². The minimum Gasteiger partial charge on any atom is -0.286 e. The van der Waals surface area contributed by atoms with E-state index in [0.717, 1.165) is 6.20 Å².